The predicted molar refractivity (Wildman–Crippen MR) is 88.6 cm³/mol. The van der Waals surface area contributed by atoms with Gasteiger partial charge in [-0.05, 0) is 56.7 Å². The van der Waals surface area contributed by atoms with E-state index in [1.165, 1.54) is 12.1 Å². The van der Waals surface area contributed by atoms with Crippen LogP contribution >= 0.6 is 0 Å². The Morgan fingerprint density at radius 3 is 2.58 bits per heavy atom. The summed E-state index contributed by atoms with van der Waals surface area (Å²) >= 11 is 0. The van der Waals surface area contributed by atoms with Gasteiger partial charge in [0.2, 0.25) is 0 Å². The van der Waals surface area contributed by atoms with Crippen molar-refractivity contribution in [1.29, 1.82) is 0 Å². The van der Waals surface area contributed by atoms with Crippen LogP contribution in [0.5, 0.6) is 5.75 Å². The fourth-order valence-corrected chi connectivity index (χ4v) is 3.58. The first-order chi connectivity index (χ1) is 11.2. The van der Waals surface area contributed by atoms with Gasteiger partial charge in [-0.25, -0.2) is 4.79 Å². The molecule has 0 saturated heterocycles. The predicted octanol–water partition coefficient (Wildman–Crippen LogP) is 3.56. The Balaban J connectivity index is 1.96. The van der Waals surface area contributed by atoms with E-state index in [4.69, 9.17) is 8.92 Å². The largest absolute Gasteiger partial charge is 0.438 e. The summed E-state index contributed by atoms with van der Waals surface area (Å²) in [6.07, 6.45) is -0.548. The third-order valence-corrected chi connectivity index (χ3v) is 4.95. The highest BCUT2D eigenvalue weighted by Gasteiger charge is 2.34. The summed E-state index contributed by atoms with van der Waals surface area (Å²) < 4.78 is 35.3. The van der Waals surface area contributed by atoms with Crippen molar-refractivity contribution in [3.8, 4) is 5.75 Å². The minimum absolute atomic E-state index is 0.0871. The molecule has 0 radical (unpaired) electrons. The Morgan fingerprint density at radius 1 is 1.12 bits per heavy atom. The molecule has 0 unspecified atom stereocenters. The van der Waals surface area contributed by atoms with Crippen LogP contribution in [0.15, 0.2) is 47.4 Å². The molecule has 7 heteroatoms. The third kappa shape index (κ3) is 3.07. The second-order valence-electron chi connectivity index (χ2n) is 6.09. The summed E-state index contributed by atoms with van der Waals surface area (Å²) in [5.41, 5.74) is 1.14. The maximum absolute atomic E-state index is 12.4. The number of rotatable bonds is 3. The van der Waals surface area contributed by atoms with Crippen molar-refractivity contribution in [2.45, 2.75) is 31.3 Å². The first-order valence-corrected chi connectivity index (χ1v) is 8.74. The Hall–Kier alpha value is -2.54. The Morgan fingerprint density at radius 2 is 1.88 bits per heavy atom. The van der Waals surface area contributed by atoms with Crippen LogP contribution in [-0.4, -0.2) is 14.5 Å². The SMILES string of the molecule is Cc1cccc(S(=O)(=O)Oc2ccc3c(c2)C(C)(C)OC(=O)N3)c1. The van der Waals surface area contributed by atoms with Crippen LogP contribution < -0.4 is 9.50 Å². The van der Waals surface area contributed by atoms with Crippen molar-refractivity contribution in [2.24, 2.45) is 0 Å². The number of hydrogen-bond acceptors (Lipinski definition) is 5. The van der Waals surface area contributed by atoms with Gasteiger partial charge in [0, 0.05) is 5.56 Å². The fourth-order valence-electron chi connectivity index (χ4n) is 2.55. The van der Waals surface area contributed by atoms with Crippen molar-refractivity contribution in [1.82, 2.24) is 0 Å². The number of fused-ring (bicyclic) bond motifs is 1. The molecular weight excluding hydrogens is 330 g/mol. The summed E-state index contributed by atoms with van der Waals surface area (Å²) in [6, 6.07) is 11.1. The first-order valence-electron chi connectivity index (χ1n) is 7.33. The standard InChI is InChI=1S/C17H17NO5S/c1-11-5-4-6-13(9-11)24(20,21)23-12-7-8-15-14(10-12)17(2,3)22-16(19)18-15/h4-10H,1-3H3,(H,18,19). The van der Waals surface area contributed by atoms with E-state index in [1.54, 1.807) is 51.1 Å². The van der Waals surface area contributed by atoms with Crippen LogP contribution in [0.1, 0.15) is 25.0 Å². The van der Waals surface area contributed by atoms with Crippen LogP contribution in [0.4, 0.5) is 10.5 Å². The molecule has 0 bridgehead atoms. The topological polar surface area (TPSA) is 81.7 Å². The molecule has 0 atom stereocenters. The summed E-state index contributed by atoms with van der Waals surface area (Å²) in [6.45, 7) is 5.26. The Bertz CT molecular complexity index is 918. The molecule has 2 aromatic carbocycles. The zero-order valence-corrected chi connectivity index (χ0v) is 14.3. The summed E-state index contributed by atoms with van der Waals surface area (Å²) in [5, 5.41) is 2.58. The van der Waals surface area contributed by atoms with Crippen molar-refractivity contribution >= 4 is 21.9 Å². The molecule has 1 amide bonds. The highest BCUT2D eigenvalue weighted by Crippen LogP contribution is 2.38. The van der Waals surface area contributed by atoms with Crippen molar-refractivity contribution < 1.29 is 22.1 Å². The molecule has 0 saturated carbocycles. The van der Waals surface area contributed by atoms with Crippen LogP contribution in [0.25, 0.3) is 0 Å². The molecule has 6 nitrogen and oxygen atoms in total. The van der Waals surface area contributed by atoms with Crippen molar-refractivity contribution in [3.63, 3.8) is 0 Å². The second kappa shape index (κ2) is 5.52. The third-order valence-electron chi connectivity index (χ3n) is 3.71. The molecule has 3 rings (SSSR count). The maximum atomic E-state index is 12.4. The van der Waals surface area contributed by atoms with E-state index >= 15 is 0 Å². The number of hydrogen-bond donors (Lipinski definition) is 1. The van der Waals surface area contributed by atoms with Gasteiger partial charge < -0.3 is 8.92 Å². The van der Waals surface area contributed by atoms with Crippen LogP contribution in [0, 0.1) is 6.92 Å². The highest BCUT2D eigenvalue weighted by atomic mass is 32.2. The van der Waals surface area contributed by atoms with Crippen LogP contribution in [-0.2, 0) is 20.5 Å². The molecule has 0 spiro atoms. The minimum atomic E-state index is -3.94. The second-order valence-corrected chi connectivity index (χ2v) is 7.63. The minimum Gasteiger partial charge on any atom is -0.438 e. The molecule has 2 aromatic rings. The number of aryl methyl sites for hydroxylation is 1. The molecule has 0 aromatic heterocycles. The average Bonchev–Trinajstić information content (AvgIpc) is 2.47. The van der Waals surface area contributed by atoms with Crippen molar-refractivity contribution in [3.05, 3.63) is 53.6 Å². The lowest BCUT2D eigenvalue weighted by Gasteiger charge is -2.32. The number of carbonyl (C=O) groups excluding carboxylic acids is 1. The monoisotopic (exact) mass is 347 g/mol. The zero-order chi connectivity index (χ0) is 17.5. The average molecular weight is 347 g/mol. The number of cyclic esters (lactones) is 1. The van der Waals surface area contributed by atoms with E-state index < -0.39 is 21.8 Å². The Labute approximate surface area is 140 Å². The molecule has 1 aliphatic rings. The maximum Gasteiger partial charge on any atom is 0.412 e. The highest BCUT2D eigenvalue weighted by molar-refractivity contribution is 7.87. The smallest absolute Gasteiger partial charge is 0.412 e. The van der Waals surface area contributed by atoms with Crippen LogP contribution in [0.2, 0.25) is 0 Å². The lowest BCUT2D eigenvalue weighted by Crippen LogP contribution is -2.34. The molecule has 0 aliphatic carbocycles. The van der Waals surface area contributed by atoms with Gasteiger partial charge in [0.15, 0.2) is 0 Å². The van der Waals surface area contributed by atoms with E-state index in [2.05, 4.69) is 5.32 Å². The normalized spacial score (nSPS) is 15.9. The number of amides is 1. The number of nitrogens with one attached hydrogen (secondary N) is 1. The van der Waals surface area contributed by atoms with Crippen LogP contribution in [0.3, 0.4) is 0 Å². The number of benzene rings is 2. The summed E-state index contributed by atoms with van der Waals surface area (Å²) in [5.74, 6) is 0.156. The van der Waals surface area contributed by atoms with Gasteiger partial charge >= 0.3 is 16.2 Å². The fraction of sp³-hybridized carbons (Fsp3) is 0.235. The number of carbonyl (C=O) groups is 1. The molecule has 126 valence electrons. The quantitative estimate of drug-likeness (QED) is 0.859. The molecule has 1 aliphatic heterocycles. The molecule has 24 heavy (non-hydrogen) atoms. The van der Waals surface area contributed by atoms with Gasteiger partial charge in [-0.15, -0.1) is 0 Å². The Kier molecular flexibility index (Phi) is 3.76. The molecule has 1 heterocycles. The lowest BCUT2D eigenvalue weighted by molar-refractivity contribution is 0.0419. The lowest BCUT2D eigenvalue weighted by atomic mass is 9.95. The van der Waals surface area contributed by atoms with E-state index in [1.807, 2.05) is 0 Å². The van der Waals surface area contributed by atoms with E-state index in [9.17, 15) is 13.2 Å². The van der Waals surface area contributed by atoms with E-state index in [-0.39, 0.29) is 10.6 Å². The number of anilines is 1. The van der Waals surface area contributed by atoms with Gasteiger partial charge in [-0.2, -0.15) is 8.42 Å². The van der Waals surface area contributed by atoms with E-state index in [0.29, 0.717) is 11.3 Å². The molecular formula is C17H17NO5S. The van der Waals surface area contributed by atoms with Gasteiger partial charge in [-0.3, -0.25) is 5.32 Å². The summed E-state index contributed by atoms with van der Waals surface area (Å²) in [4.78, 5) is 11.6. The van der Waals surface area contributed by atoms with Crippen molar-refractivity contribution in [2.75, 3.05) is 5.32 Å². The summed E-state index contributed by atoms with van der Waals surface area (Å²) in [7, 11) is -3.94. The van der Waals surface area contributed by atoms with Gasteiger partial charge in [-0.1, -0.05) is 12.1 Å². The number of ether oxygens (including phenoxy) is 1. The van der Waals surface area contributed by atoms with E-state index in [0.717, 1.165) is 5.56 Å². The zero-order valence-electron chi connectivity index (χ0n) is 13.5. The van der Waals surface area contributed by atoms with Gasteiger partial charge in [0.25, 0.3) is 0 Å². The van der Waals surface area contributed by atoms with Gasteiger partial charge in [0.1, 0.15) is 16.2 Å². The molecule has 1 N–H and O–H groups in total. The first kappa shape index (κ1) is 16.3. The van der Waals surface area contributed by atoms with Gasteiger partial charge in [0.05, 0.1) is 5.69 Å². The molecule has 0 fully saturated rings.